The molecule has 0 aromatic heterocycles. The first-order valence-electron chi connectivity index (χ1n) is 12.8. The zero-order valence-corrected chi connectivity index (χ0v) is 22.8. The molecule has 3 heterocycles. The van der Waals surface area contributed by atoms with Gasteiger partial charge in [-0.25, -0.2) is 9.57 Å². The Balaban J connectivity index is 1.76. The van der Waals surface area contributed by atoms with Crippen molar-refractivity contribution in [3.63, 3.8) is 0 Å². The molecule has 182 valence electrons. The highest BCUT2D eigenvalue weighted by atomic mass is 28.3. The number of ether oxygens (including phenoxy) is 2. The Kier molecular flexibility index (Phi) is 5.98. The van der Waals surface area contributed by atoms with Gasteiger partial charge in [-0.1, -0.05) is 41.5 Å². The fraction of sp³-hybridized carbons (Fsp3) is 0.571. The summed E-state index contributed by atoms with van der Waals surface area (Å²) in [5, 5.41) is 3.20. The topological polar surface area (TPSA) is 37.1 Å². The van der Waals surface area contributed by atoms with Crippen LogP contribution in [0.15, 0.2) is 46.6 Å². The molecule has 0 unspecified atom stereocenters. The lowest BCUT2D eigenvalue weighted by molar-refractivity contribution is -0.547. The lowest BCUT2D eigenvalue weighted by Crippen LogP contribution is -2.66. The van der Waals surface area contributed by atoms with E-state index in [9.17, 15) is 0 Å². The number of morpholine rings is 2. The van der Waals surface area contributed by atoms with Gasteiger partial charge in [0.2, 0.25) is 0 Å². The van der Waals surface area contributed by atoms with Crippen LogP contribution in [0.1, 0.15) is 41.5 Å². The first kappa shape index (κ1) is 23.7. The maximum absolute atomic E-state index is 5.64. The average Bonchev–Trinajstić information content (AvgIpc) is 2.81. The molecular formula is C28H40N3O2Si+. The first-order chi connectivity index (χ1) is 16.1. The Hall–Kier alpha value is -2.02. The van der Waals surface area contributed by atoms with Gasteiger partial charge in [0.1, 0.15) is 21.3 Å². The van der Waals surface area contributed by atoms with Crippen molar-refractivity contribution in [3.8, 4) is 0 Å². The molecule has 34 heavy (non-hydrogen) atoms. The molecular weight excluding hydrogens is 438 g/mol. The molecule has 6 heteroatoms. The summed E-state index contributed by atoms with van der Waals surface area (Å²) in [6.07, 6.45) is 7.04. The molecule has 2 saturated heterocycles. The van der Waals surface area contributed by atoms with Crippen molar-refractivity contribution in [1.82, 2.24) is 0 Å². The van der Waals surface area contributed by atoms with Gasteiger partial charge < -0.3 is 14.4 Å². The van der Waals surface area contributed by atoms with E-state index < -0.39 is 8.07 Å². The first-order valence-corrected chi connectivity index (χ1v) is 14.8. The smallest absolute Gasteiger partial charge is 0.200 e. The standard InChI is InChI=1S/C28H40N3O2Si/c1-27(2,3)34(28(4,5)6)25-19-21(30-11-15-32-16-12-30)7-9-23(25)29-24-10-8-22(20-26(24)34)31-13-17-33-18-14-31/h7-10,19-20H,11-18H2,1-6H3/q+1. The van der Waals surface area contributed by atoms with E-state index in [0.717, 1.165) is 52.6 Å². The van der Waals surface area contributed by atoms with E-state index >= 15 is 0 Å². The fourth-order valence-corrected chi connectivity index (χ4v) is 14.4. The predicted molar refractivity (Wildman–Crippen MR) is 144 cm³/mol. The summed E-state index contributed by atoms with van der Waals surface area (Å²) in [6, 6.07) is 7.04. The van der Waals surface area contributed by atoms with Crippen LogP contribution in [-0.2, 0) is 9.47 Å². The highest BCUT2D eigenvalue weighted by molar-refractivity contribution is 7.06. The molecule has 5 rings (SSSR count). The van der Waals surface area contributed by atoms with Crippen molar-refractivity contribution in [2.75, 3.05) is 57.5 Å². The number of rotatable bonds is 1. The molecule has 1 aromatic carbocycles. The Morgan fingerprint density at radius 1 is 0.882 bits per heavy atom. The molecule has 0 N–H and O–H groups in total. The second-order valence-corrected chi connectivity index (χ2v) is 17.5. The molecule has 3 aliphatic heterocycles. The van der Waals surface area contributed by atoms with Crippen LogP contribution in [-0.4, -0.2) is 76.7 Å². The monoisotopic (exact) mass is 478 g/mol. The van der Waals surface area contributed by atoms with Gasteiger partial charge >= 0.3 is 0 Å². The number of aliphatic imine (C=N–C) groups is 1. The third-order valence-electron chi connectivity index (χ3n) is 8.01. The molecule has 2 fully saturated rings. The van der Waals surface area contributed by atoms with Gasteiger partial charge in [-0.3, -0.25) is 0 Å². The number of benzene rings is 1. The lowest BCUT2D eigenvalue weighted by atomic mass is 10.1. The lowest BCUT2D eigenvalue weighted by Gasteiger charge is -2.55. The Morgan fingerprint density at radius 3 is 2.18 bits per heavy atom. The minimum atomic E-state index is -2.33. The van der Waals surface area contributed by atoms with Crippen LogP contribution in [0.5, 0.6) is 0 Å². The van der Waals surface area contributed by atoms with Crippen LogP contribution >= 0.6 is 0 Å². The van der Waals surface area contributed by atoms with Gasteiger partial charge in [-0.2, -0.15) is 0 Å². The largest absolute Gasteiger partial charge is 0.378 e. The Morgan fingerprint density at radius 2 is 1.53 bits per heavy atom. The normalized spacial score (nSPS) is 22.7. The summed E-state index contributed by atoms with van der Waals surface area (Å²) < 4.78 is 13.8. The summed E-state index contributed by atoms with van der Waals surface area (Å²) in [4.78, 5) is 7.73. The van der Waals surface area contributed by atoms with Gasteiger partial charge in [-0.05, 0) is 44.7 Å². The van der Waals surface area contributed by atoms with Gasteiger partial charge in [0.25, 0.3) is 0 Å². The maximum Gasteiger partial charge on any atom is 0.200 e. The van der Waals surface area contributed by atoms with Gasteiger partial charge in [0.15, 0.2) is 18.8 Å². The molecule has 0 bridgehead atoms. The molecule has 5 nitrogen and oxygen atoms in total. The predicted octanol–water partition coefficient (Wildman–Crippen LogP) is 4.38. The minimum Gasteiger partial charge on any atom is -0.378 e. The van der Waals surface area contributed by atoms with Crippen LogP contribution in [0.25, 0.3) is 0 Å². The third kappa shape index (κ3) is 3.75. The summed E-state index contributed by atoms with van der Waals surface area (Å²) in [6.45, 7) is 21.8. The van der Waals surface area contributed by atoms with E-state index in [-0.39, 0.29) is 10.1 Å². The quantitative estimate of drug-likeness (QED) is 0.341. The van der Waals surface area contributed by atoms with Gasteiger partial charge in [0, 0.05) is 30.9 Å². The fourth-order valence-electron chi connectivity index (χ4n) is 6.90. The van der Waals surface area contributed by atoms with Crippen molar-refractivity contribution >= 4 is 36.1 Å². The summed E-state index contributed by atoms with van der Waals surface area (Å²) >= 11 is 0. The number of nitrogens with zero attached hydrogens (tertiary/aromatic N) is 3. The van der Waals surface area contributed by atoms with Crippen LogP contribution in [0.2, 0.25) is 10.1 Å². The van der Waals surface area contributed by atoms with Crippen molar-refractivity contribution < 1.29 is 14.0 Å². The van der Waals surface area contributed by atoms with Crippen molar-refractivity contribution in [2.45, 2.75) is 51.6 Å². The summed E-state index contributed by atoms with van der Waals surface area (Å²) in [7, 11) is -2.33. The van der Waals surface area contributed by atoms with E-state index in [1.807, 2.05) is 0 Å². The number of anilines is 1. The molecule has 0 amide bonds. The highest BCUT2D eigenvalue weighted by Gasteiger charge is 2.60. The molecule has 1 aromatic rings. The number of hydrogen-bond acceptors (Lipinski definition) is 4. The SMILES string of the molecule is CC(C)(C)[Si]1(C(C)(C)C)C2=CC(=[N+]3CCOCC3)C=CC2=Nc2ccc(N3CCOCC3)cc21. The van der Waals surface area contributed by atoms with Crippen molar-refractivity contribution in [2.24, 2.45) is 4.99 Å². The van der Waals surface area contributed by atoms with Crippen molar-refractivity contribution in [3.05, 3.63) is 41.6 Å². The molecule has 1 aliphatic carbocycles. The Labute approximate surface area is 205 Å². The molecule has 0 atom stereocenters. The number of hydrogen-bond donors (Lipinski definition) is 0. The van der Waals surface area contributed by atoms with Gasteiger partial charge in [-0.15, -0.1) is 0 Å². The number of fused-ring (bicyclic) bond motifs is 2. The van der Waals surface area contributed by atoms with Crippen LogP contribution < -0.4 is 10.1 Å². The van der Waals surface area contributed by atoms with Crippen molar-refractivity contribution in [1.29, 1.82) is 0 Å². The van der Waals surface area contributed by atoms with E-state index in [0.29, 0.717) is 0 Å². The summed E-state index contributed by atoms with van der Waals surface area (Å²) in [5.74, 6) is 0. The zero-order chi connectivity index (χ0) is 24.1. The second-order valence-electron chi connectivity index (χ2n) is 12.0. The number of allylic oxidation sites excluding steroid dienone is 4. The van der Waals surface area contributed by atoms with Crippen LogP contribution in [0.3, 0.4) is 0 Å². The van der Waals surface area contributed by atoms with E-state index in [4.69, 9.17) is 14.5 Å². The van der Waals surface area contributed by atoms with E-state index in [1.54, 1.807) is 0 Å². The molecule has 0 spiro atoms. The highest BCUT2D eigenvalue weighted by Crippen LogP contribution is 2.57. The van der Waals surface area contributed by atoms with Gasteiger partial charge in [0.05, 0.1) is 24.6 Å². The average molecular weight is 479 g/mol. The summed E-state index contributed by atoms with van der Waals surface area (Å²) in [5.41, 5.74) is 4.96. The molecule has 0 radical (unpaired) electrons. The maximum atomic E-state index is 5.64. The minimum absolute atomic E-state index is 0.109. The molecule has 4 aliphatic rings. The second kappa shape index (κ2) is 8.57. The third-order valence-corrected chi connectivity index (χ3v) is 14.9. The van der Waals surface area contributed by atoms with Crippen LogP contribution in [0.4, 0.5) is 11.4 Å². The zero-order valence-electron chi connectivity index (χ0n) is 21.8. The van der Waals surface area contributed by atoms with E-state index in [1.165, 1.54) is 33.2 Å². The van der Waals surface area contributed by atoms with Crippen LogP contribution in [0, 0.1) is 0 Å². The van der Waals surface area contributed by atoms with E-state index in [2.05, 4.69) is 87.4 Å². The molecule has 0 saturated carbocycles. The Bertz CT molecular complexity index is 1070.